The van der Waals surface area contributed by atoms with Crippen molar-refractivity contribution >= 4 is 29.4 Å². The van der Waals surface area contributed by atoms with Crippen molar-refractivity contribution in [2.45, 2.75) is 65.3 Å². The molecular weight excluding hydrogens is 428 g/mol. The van der Waals surface area contributed by atoms with E-state index in [1.165, 1.54) is 4.90 Å². The molecule has 0 unspecified atom stereocenters. The predicted octanol–water partition coefficient (Wildman–Crippen LogP) is 2.24. The summed E-state index contributed by atoms with van der Waals surface area (Å²) in [7, 11) is 0. The molecule has 33 heavy (non-hydrogen) atoms. The highest BCUT2D eigenvalue weighted by molar-refractivity contribution is 6.03. The Kier molecular flexibility index (Phi) is 7.41. The smallest absolute Gasteiger partial charge is 0.351 e. The molecule has 2 heterocycles. The van der Waals surface area contributed by atoms with E-state index in [1.54, 1.807) is 45.9 Å². The van der Waals surface area contributed by atoms with Crippen molar-refractivity contribution in [2.75, 3.05) is 31.1 Å². The van der Waals surface area contributed by atoms with Crippen LogP contribution in [0.1, 0.15) is 56.5 Å². The number of likely N-dealkylation sites (tertiary alicyclic amines) is 1. The van der Waals surface area contributed by atoms with Crippen LogP contribution in [0.4, 0.5) is 5.69 Å². The van der Waals surface area contributed by atoms with Crippen LogP contribution in [0.3, 0.4) is 0 Å². The van der Waals surface area contributed by atoms with Gasteiger partial charge < -0.3 is 24.0 Å². The number of esters is 2. The molecule has 2 saturated heterocycles. The molecule has 9 heteroatoms. The molecule has 1 aromatic carbocycles. The van der Waals surface area contributed by atoms with Gasteiger partial charge in [-0.3, -0.25) is 14.4 Å². The summed E-state index contributed by atoms with van der Waals surface area (Å²) in [6.45, 7) is 9.79. The fourth-order valence-electron chi connectivity index (χ4n) is 4.07. The third-order valence-corrected chi connectivity index (χ3v) is 5.55. The average molecular weight is 461 g/mol. The number of rotatable bonds is 5. The minimum Gasteiger partial charge on any atom is -0.457 e. The molecule has 1 aromatic rings. The summed E-state index contributed by atoms with van der Waals surface area (Å²) in [5, 5.41) is 0. The van der Waals surface area contributed by atoms with Crippen molar-refractivity contribution < 1.29 is 33.4 Å². The third-order valence-electron chi connectivity index (χ3n) is 5.55. The molecule has 0 bridgehead atoms. The fourth-order valence-corrected chi connectivity index (χ4v) is 4.07. The number of benzene rings is 1. The van der Waals surface area contributed by atoms with Crippen LogP contribution in [0.15, 0.2) is 18.2 Å². The standard InChI is InChI=1S/C24H32N2O7/c1-15-17(21(28)25-11-6-7-12-25)9-8-10-18(15)26-13-14-31-19(22(26)29)20(32-16(2)27)23(30)33-24(3,4)5/h8-10,19-20H,6-7,11-14H2,1-5H3/t19-,20-/m1/s1. The fraction of sp³-hybridized carbons (Fsp3) is 0.583. The van der Waals surface area contributed by atoms with Gasteiger partial charge in [0.1, 0.15) is 5.60 Å². The Hall–Kier alpha value is -2.94. The Bertz CT molecular complexity index is 931. The quantitative estimate of drug-likeness (QED) is 0.621. The number of nitrogens with zero attached hydrogens (tertiary/aromatic N) is 2. The maximum Gasteiger partial charge on any atom is 0.351 e. The predicted molar refractivity (Wildman–Crippen MR) is 120 cm³/mol. The lowest BCUT2D eigenvalue weighted by molar-refractivity contribution is -0.188. The van der Waals surface area contributed by atoms with Gasteiger partial charge in [-0.25, -0.2) is 4.79 Å². The highest BCUT2D eigenvalue weighted by atomic mass is 16.6. The van der Waals surface area contributed by atoms with Gasteiger partial charge in [-0.15, -0.1) is 0 Å². The Labute approximate surface area is 193 Å². The van der Waals surface area contributed by atoms with Crippen LogP contribution in [0, 0.1) is 6.92 Å². The van der Waals surface area contributed by atoms with Gasteiger partial charge >= 0.3 is 11.9 Å². The van der Waals surface area contributed by atoms with E-state index in [-0.39, 0.29) is 19.1 Å². The molecule has 2 fully saturated rings. The SMILES string of the molecule is CC(=O)O[C@@H](C(=O)OC(C)(C)C)[C@H]1OCCN(c2cccc(C(=O)N3CCCC3)c2C)C1=O. The van der Waals surface area contributed by atoms with Gasteiger partial charge in [-0.2, -0.15) is 0 Å². The Morgan fingerprint density at radius 1 is 1.12 bits per heavy atom. The number of morpholine rings is 1. The maximum atomic E-state index is 13.4. The summed E-state index contributed by atoms with van der Waals surface area (Å²) < 4.78 is 16.1. The highest BCUT2D eigenvalue weighted by Gasteiger charge is 2.44. The lowest BCUT2D eigenvalue weighted by Gasteiger charge is -2.36. The van der Waals surface area contributed by atoms with E-state index >= 15 is 0 Å². The summed E-state index contributed by atoms with van der Waals surface area (Å²) in [6, 6.07) is 5.25. The van der Waals surface area contributed by atoms with E-state index < -0.39 is 35.7 Å². The Morgan fingerprint density at radius 2 is 1.79 bits per heavy atom. The molecule has 180 valence electrons. The number of amides is 2. The lowest BCUT2D eigenvalue weighted by atomic mass is 10.0. The number of carbonyl (C=O) groups excluding carboxylic acids is 4. The van der Waals surface area contributed by atoms with Crippen LogP contribution in [0.2, 0.25) is 0 Å². The molecule has 0 saturated carbocycles. The van der Waals surface area contributed by atoms with E-state index in [0.717, 1.165) is 32.9 Å². The summed E-state index contributed by atoms with van der Waals surface area (Å²) in [4.78, 5) is 54.1. The van der Waals surface area contributed by atoms with Crippen molar-refractivity contribution in [1.82, 2.24) is 4.90 Å². The van der Waals surface area contributed by atoms with Crippen molar-refractivity contribution in [3.8, 4) is 0 Å². The van der Waals surface area contributed by atoms with E-state index in [9.17, 15) is 19.2 Å². The van der Waals surface area contributed by atoms with E-state index in [4.69, 9.17) is 14.2 Å². The van der Waals surface area contributed by atoms with Crippen LogP contribution in [0.5, 0.6) is 0 Å². The van der Waals surface area contributed by atoms with Gasteiger partial charge in [0, 0.05) is 37.8 Å². The molecule has 0 N–H and O–H groups in total. The number of hydrogen-bond acceptors (Lipinski definition) is 7. The summed E-state index contributed by atoms with van der Waals surface area (Å²) in [6.07, 6.45) is -0.923. The second-order valence-corrected chi connectivity index (χ2v) is 9.29. The topological polar surface area (TPSA) is 102 Å². The zero-order valence-corrected chi connectivity index (χ0v) is 19.9. The first-order valence-electron chi connectivity index (χ1n) is 11.2. The second-order valence-electron chi connectivity index (χ2n) is 9.29. The monoisotopic (exact) mass is 460 g/mol. The van der Waals surface area contributed by atoms with E-state index in [0.29, 0.717) is 16.8 Å². The van der Waals surface area contributed by atoms with Gasteiger partial charge in [-0.1, -0.05) is 6.07 Å². The Morgan fingerprint density at radius 3 is 2.39 bits per heavy atom. The van der Waals surface area contributed by atoms with Crippen molar-refractivity contribution in [3.05, 3.63) is 29.3 Å². The normalized spacial score (nSPS) is 19.9. The van der Waals surface area contributed by atoms with Crippen LogP contribution < -0.4 is 4.90 Å². The number of anilines is 1. The molecule has 2 amide bonds. The van der Waals surface area contributed by atoms with Crippen LogP contribution >= 0.6 is 0 Å². The molecule has 0 radical (unpaired) electrons. The number of carbonyl (C=O) groups is 4. The summed E-state index contributed by atoms with van der Waals surface area (Å²) in [5.41, 5.74) is 0.927. The van der Waals surface area contributed by atoms with Crippen LogP contribution in [-0.4, -0.2) is 72.7 Å². The van der Waals surface area contributed by atoms with Crippen molar-refractivity contribution in [2.24, 2.45) is 0 Å². The molecule has 0 spiro atoms. The average Bonchev–Trinajstić information content (AvgIpc) is 3.26. The summed E-state index contributed by atoms with van der Waals surface area (Å²) in [5.74, 6) is -2.18. The van der Waals surface area contributed by atoms with Gasteiger partial charge in [0.25, 0.3) is 11.8 Å². The van der Waals surface area contributed by atoms with Gasteiger partial charge in [0.15, 0.2) is 6.10 Å². The number of ether oxygens (including phenoxy) is 3. The first-order chi connectivity index (χ1) is 15.5. The third kappa shape index (κ3) is 5.71. The van der Waals surface area contributed by atoms with Gasteiger partial charge in [0.05, 0.1) is 6.61 Å². The maximum absolute atomic E-state index is 13.4. The Balaban J connectivity index is 1.89. The van der Waals surface area contributed by atoms with E-state index in [1.807, 2.05) is 4.90 Å². The molecule has 0 aliphatic carbocycles. The molecule has 2 aliphatic heterocycles. The number of hydrogen-bond donors (Lipinski definition) is 0. The van der Waals surface area contributed by atoms with Crippen LogP contribution in [0.25, 0.3) is 0 Å². The molecule has 0 aromatic heterocycles. The van der Waals surface area contributed by atoms with Crippen molar-refractivity contribution in [1.29, 1.82) is 0 Å². The minimum absolute atomic E-state index is 0.0596. The molecule has 3 rings (SSSR count). The van der Waals surface area contributed by atoms with Gasteiger partial charge in [0.2, 0.25) is 6.10 Å². The molecule has 2 aliphatic rings. The second kappa shape index (κ2) is 9.91. The van der Waals surface area contributed by atoms with Crippen LogP contribution in [-0.2, 0) is 28.6 Å². The first-order valence-corrected chi connectivity index (χ1v) is 11.2. The zero-order chi connectivity index (χ0) is 24.3. The zero-order valence-electron chi connectivity index (χ0n) is 19.9. The lowest BCUT2D eigenvalue weighted by Crippen LogP contribution is -2.56. The van der Waals surface area contributed by atoms with E-state index in [2.05, 4.69) is 0 Å². The first kappa shape index (κ1) is 24.7. The molecule has 9 nitrogen and oxygen atoms in total. The summed E-state index contributed by atoms with van der Waals surface area (Å²) >= 11 is 0. The van der Waals surface area contributed by atoms with Gasteiger partial charge in [-0.05, 0) is 58.2 Å². The van der Waals surface area contributed by atoms with Crippen molar-refractivity contribution in [3.63, 3.8) is 0 Å². The highest BCUT2D eigenvalue weighted by Crippen LogP contribution is 2.29. The molecular formula is C24H32N2O7. The minimum atomic E-state index is -1.54. The molecule has 2 atom stereocenters. The largest absolute Gasteiger partial charge is 0.457 e.